The van der Waals surface area contributed by atoms with E-state index >= 15 is 0 Å². The van der Waals surface area contributed by atoms with Crippen molar-refractivity contribution in [1.29, 1.82) is 0 Å². The van der Waals surface area contributed by atoms with Crippen LogP contribution in [0.25, 0.3) is 16.7 Å². The molecule has 0 saturated heterocycles. The number of hydrogen-bond acceptors (Lipinski definition) is 1. The molecule has 0 spiro atoms. The van der Waals surface area contributed by atoms with Crippen LogP contribution < -0.4 is 5.69 Å². The predicted octanol–water partition coefficient (Wildman–Crippen LogP) is 1.44. The molecule has 67 valence electrons. The molecule has 14 heavy (non-hydrogen) atoms. The first-order valence-corrected chi connectivity index (χ1v) is 4.06. The number of nitrogens with zero attached hydrogens (tertiary/aromatic N) is 1. The number of imidazole rings is 1. The molecule has 0 bridgehead atoms. The van der Waals surface area contributed by atoms with Crippen LogP contribution in [0, 0.1) is 0 Å². The zero-order chi connectivity index (χ0) is 9.42. The second-order valence-corrected chi connectivity index (χ2v) is 3.02. The van der Waals surface area contributed by atoms with E-state index in [1.54, 1.807) is 4.57 Å². The minimum atomic E-state index is -0.131. The molecule has 1 aromatic heterocycles. The van der Waals surface area contributed by atoms with Crippen molar-refractivity contribution >= 4 is 46.3 Å². The molecule has 0 unspecified atom stereocenters. The molecule has 0 amide bonds. The smallest absolute Gasteiger partial charge is 0.305 e. The topological polar surface area (TPSA) is 37.8 Å². The third-order valence-corrected chi connectivity index (χ3v) is 1.97. The minimum Gasteiger partial charge on any atom is -0.305 e. The number of H-pyrrole nitrogens is 1. The standard InChI is InChI=1S/C10H10N2O.Na/c1-7(2)12-9-6-4-3-5-8(9)11-10(12)13;/h3-6H,1H2,2H3,(H,11,13);. The number of nitrogens with one attached hydrogen (secondary N) is 1. The van der Waals surface area contributed by atoms with Crippen LogP contribution in [0.5, 0.6) is 0 Å². The quantitative estimate of drug-likeness (QED) is 0.690. The van der Waals surface area contributed by atoms with E-state index in [-0.39, 0.29) is 35.2 Å². The van der Waals surface area contributed by atoms with Gasteiger partial charge in [-0.25, -0.2) is 4.79 Å². The van der Waals surface area contributed by atoms with Gasteiger partial charge >= 0.3 is 5.69 Å². The Balaban J connectivity index is 0.000000980. The summed E-state index contributed by atoms with van der Waals surface area (Å²) < 4.78 is 1.56. The fourth-order valence-electron chi connectivity index (χ4n) is 1.43. The SMILES string of the molecule is C=C(C)n1c(=O)[nH]c2ccccc21.[Na]. The second kappa shape index (κ2) is 4.17. The third-order valence-electron chi connectivity index (χ3n) is 1.97. The summed E-state index contributed by atoms with van der Waals surface area (Å²) in [6, 6.07) is 7.55. The van der Waals surface area contributed by atoms with Crippen LogP contribution in [-0.2, 0) is 0 Å². The number of aromatic amines is 1. The molecule has 2 aromatic rings. The van der Waals surface area contributed by atoms with Crippen LogP contribution in [0.3, 0.4) is 0 Å². The molecule has 0 saturated carbocycles. The van der Waals surface area contributed by atoms with Gasteiger partial charge in [0.05, 0.1) is 11.0 Å². The first-order valence-electron chi connectivity index (χ1n) is 4.06. The van der Waals surface area contributed by atoms with Crippen molar-refractivity contribution < 1.29 is 0 Å². The van der Waals surface area contributed by atoms with E-state index in [9.17, 15) is 4.79 Å². The van der Waals surface area contributed by atoms with Crippen LogP contribution in [0.15, 0.2) is 35.6 Å². The second-order valence-electron chi connectivity index (χ2n) is 3.02. The van der Waals surface area contributed by atoms with Crippen molar-refractivity contribution in [1.82, 2.24) is 9.55 Å². The van der Waals surface area contributed by atoms with E-state index in [1.165, 1.54) is 0 Å². The van der Waals surface area contributed by atoms with Crippen LogP contribution in [0.4, 0.5) is 0 Å². The van der Waals surface area contributed by atoms with E-state index in [2.05, 4.69) is 11.6 Å². The fourth-order valence-corrected chi connectivity index (χ4v) is 1.43. The maximum atomic E-state index is 11.4. The third kappa shape index (κ3) is 1.71. The van der Waals surface area contributed by atoms with Crippen molar-refractivity contribution in [3.8, 4) is 0 Å². The van der Waals surface area contributed by atoms with E-state index < -0.39 is 0 Å². The Morgan fingerprint density at radius 1 is 1.43 bits per heavy atom. The summed E-state index contributed by atoms with van der Waals surface area (Å²) in [7, 11) is 0. The molecular weight excluding hydrogens is 187 g/mol. The summed E-state index contributed by atoms with van der Waals surface area (Å²) in [5.74, 6) is 0. The first-order chi connectivity index (χ1) is 6.20. The molecule has 1 heterocycles. The van der Waals surface area contributed by atoms with Crippen molar-refractivity contribution in [3.63, 3.8) is 0 Å². The summed E-state index contributed by atoms with van der Waals surface area (Å²) in [5.41, 5.74) is 2.31. The van der Waals surface area contributed by atoms with Gasteiger partial charge in [-0.2, -0.15) is 0 Å². The van der Waals surface area contributed by atoms with Gasteiger partial charge in [-0.3, -0.25) is 4.57 Å². The zero-order valence-corrected chi connectivity index (χ0v) is 10.4. The Morgan fingerprint density at radius 3 is 2.71 bits per heavy atom. The van der Waals surface area contributed by atoms with E-state index in [0.29, 0.717) is 0 Å². The molecule has 0 aliphatic carbocycles. The minimum absolute atomic E-state index is 0. The molecule has 3 nitrogen and oxygen atoms in total. The average molecular weight is 197 g/mol. The number of fused-ring (bicyclic) bond motifs is 1. The van der Waals surface area contributed by atoms with Crippen LogP contribution >= 0.6 is 0 Å². The van der Waals surface area contributed by atoms with Crippen molar-refractivity contribution in [2.45, 2.75) is 6.92 Å². The van der Waals surface area contributed by atoms with Gasteiger partial charge in [-0.05, 0) is 19.1 Å². The summed E-state index contributed by atoms with van der Waals surface area (Å²) in [4.78, 5) is 14.2. The number of allylic oxidation sites excluding steroid dienone is 1. The Bertz CT molecular complexity index is 524. The van der Waals surface area contributed by atoms with Gasteiger partial charge in [0.25, 0.3) is 0 Å². The maximum absolute atomic E-state index is 11.4. The van der Waals surface area contributed by atoms with E-state index in [0.717, 1.165) is 16.7 Å². The van der Waals surface area contributed by atoms with Gasteiger partial charge in [0, 0.05) is 35.3 Å². The Morgan fingerprint density at radius 2 is 2.07 bits per heavy atom. The van der Waals surface area contributed by atoms with Gasteiger partial charge < -0.3 is 4.98 Å². The molecule has 0 atom stereocenters. The number of para-hydroxylation sites is 2. The molecule has 1 N–H and O–H groups in total. The molecule has 0 aliphatic rings. The Kier molecular flexibility index (Phi) is 3.37. The zero-order valence-electron chi connectivity index (χ0n) is 8.37. The van der Waals surface area contributed by atoms with Gasteiger partial charge in [-0.1, -0.05) is 18.7 Å². The average Bonchev–Trinajstić information content (AvgIpc) is 2.39. The maximum Gasteiger partial charge on any atom is 0.330 e. The van der Waals surface area contributed by atoms with Crippen LogP contribution in [0.1, 0.15) is 6.92 Å². The number of benzene rings is 1. The molecule has 1 aromatic carbocycles. The summed E-state index contributed by atoms with van der Waals surface area (Å²) in [5, 5.41) is 0. The van der Waals surface area contributed by atoms with E-state index in [4.69, 9.17) is 0 Å². The van der Waals surface area contributed by atoms with Gasteiger partial charge in [-0.15, -0.1) is 0 Å². The molecule has 0 aliphatic heterocycles. The number of rotatable bonds is 1. The molecule has 4 heteroatoms. The summed E-state index contributed by atoms with van der Waals surface area (Å²) in [6.45, 7) is 5.56. The predicted molar refractivity (Wildman–Crippen MR) is 59.3 cm³/mol. The monoisotopic (exact) mass is 197 g/mol. The largest absolute Gasteiger partial charge is 0.330 e. The van der Waals surface area contributed by atoms with Crippen molar-refractivity contribution in [2.24, 2.45) is 0 Å². The van der Waals surface area contributed by atoms with Gasteiger partial charge in [0.15, 0.2) is 0 Å². The van der Waals surface area contributed by atoms with Crippen LogP contribution in [-0.4, -0.2) is 39.1 Å². The van der Waals surface area contributed by atoms with Crippen LogP contribution in [0.2, 0.25) is 0 Å². The summed E-state index contributed by atoms with van der Waals surface area (Å²) in [6.07, 6.45) is 0. The van der Waals surface area contributed by atoms with Gasteiger partial charge in [0.1, 0.15) is 0 Å². The van der Waals surface area contributed by atoms with Crippen molar-refractivity contribution in [3.05, 3.63) is 41.3 Å². The molecule has 2 rings (SSSR count). The van der Waals surface area contributed by atoms with E-state index in [1.807, 2.05) is 31.2 Å². The Hall–Kier alpha value is -0.770. The normalized spacial score (nSPS) is 9.79. The number of aromatic nitrogens is 2. The van der Waals surface area contributed by atoms with Crippen molar-refractivity contribution in [2.75, 3.05) is 0 Å². The van der Waals surface area contributed by atoms with Gasteiger partial charge in [0.2, 0.25) is 0 Å². The molecule has 1 radical (unpaired) electrons. The Labute approximate surface area is 104 Å². The molecule has 0 fully saturated rings. The fraction of sp³-hybridized carbons (Fsp3) is 0.100. The molecular formula is C10H10N2NaO. The number of hydrogen-bond donors (Lipinski definition) is 1. The first kappa shape index (κ1) is 11.3. The summed E-state index contributed by atoms with van der Waals surface area (Å²) >= 11 is 0.